The van der Waals surface area contributed by atoms with Crippen LogP contribution in [-0.2, 0) is 22.7 Å². The molecule has 20 heavy (non-hydrogen) atoms. The fraction of sp³-hybridized carbons (Fsp3) is 0.294. The SMILES string of the molecule is [O-]C(COCc1ccccc1)COCc1ccccc1. The third-order valence-electron chi connectivity index (χ3n) is 2.83. The van der Waals surface area contributed by atoms with E-state index in [1.807, 2.05) is 60.7 Å². The van der Waals surface area contributed by atoms with Gasteiger partial charge >= 0.3 is 0 Å². The summed E-state index contributed by atoms with van der Waals surface area (Å²) in [5.74, 6) is 0. The highest BCUT2D eigenvalue weighted by atomic mass is 16.5. The van der Waals surface area contributed by atoms with Crippen molar-refractivity contribution in [3.05, 3.63) is 71.8 Å². The Morgan fingerprint density at radius 3 is 1.50 bits per heavy atom. The van der Waals surface area contributed by atoms with Crippen LogP contribution in [0.3, 0.4) is 0 Å². The van der Waals surface area contributed by atoms with Gasteiger partial charge in [-0.15, -0.1) is 0 Å². The average molecular weight is 271 g/mol. The van der Waals surface area contributed by atoms with Crippen molar-refractivity contribution < 1.29 is 14.6 Å². The lowest BCUT2D eigenvalue weighted by molar-refractivity contribution is -0.434. The highest BCUT2D eigenvalue weighted by molar-refractivity contribution is 5.14. The number of benzene rings is 2. The number of ether oxygens (including phenoxy) is 2. The molecule has 0 amide bonds. The van der Waals surface area contributed by atoms with Gasteiger partial charge in [0.15, 0.2) is 0 Å². The van der Waals surface area contributed by atoms with Crippen molar-refractivity contribution in [2.75, 3.05) is 13.2 Å². The van der Waals surface area contributed by atoms with Crippen LogP contribution in [0.5, 0.6) is 0 Å². The normalized spacial score (nSPS) is 10.9. The average Bonchev–Trinajstić information content (AvgIpc) is 2.49. The van der Waals surface area contributed by atoms with Crippen molar-refractivity contribution in [1.82, 2.24) is 0 Å². The van der Waals surface area contributed by atoms with Crippen molar-refractivity contribution in [1.29, 1.82) is 0 Å². The molecular formula is C17H19O3-. The van der Waals surface area contributed by atoms with E-state index in [2.05, 4.69) is 0 Å². The fourth-order valence-electron chi connectivity index (χ4n) is 1.81. The first-order chi connectivity index (χ1) is 9.84. The van der Waals surface area contributed by atoms with Crippen molar-refractivity contribution in [2.45, 2.75) is 19.3 Å². The van der Waals surface area contributed by atoms with E-state index in [9.17, 15) is 5.11 Å². The van der Waals surface area contributed by atoms with Crippen molar-refractivity contribution in [2.24, 2.45) is 0 Å². The molecule has 0 aliphatic heterocycles. The van der Waals surface area contributed by atoms with Crippen LogP contribution >= 0.6 is 0 Å². The lowest BCUT2D eigenvalue weighted by Gasteiger charge is -2.21. The lowest BCUT2D eigenvalue weighted by atomic mass is 10.2. The van der Waals surface area contributed by atoms with Crippen LogP contribution in [-0.4, -0.2) is 19.3 Å². The van der Waals surface area contributed by atoms with E-state index in [0.717, 1.165) is 11.1 Å². The van der Waals surface area contributed by atoms with Gasteiger partial charge in [0.25, 0.3) is 0 Å². The Hall–Kier alpha value is -1.68. The van der Waals surface area contributed by atoms with Gasteiger partial charge in [-0.2, -0.15) is 0 Å². The van der Waals surface area contributed by atoms with Gasteiger partial charge in [0.2, 0.25) is 0 Å². The summed E-state index contributed by atoms with van der Waals surface area (Å²) in [5.41, 5.74) is 2.15. The van der Waals surface area contributed by atoms with E-state index in [1.54, 1.807) is 0 Å². The van der Waals surface area contributed by atoms with Gasteiger partial charge in [-0.05, 0) is 11.1 Å². The summed E-state index contributed by atoms with van der Waals surface area (Å²) in [7, 11) is 0. The van der Waals surface area contributed by atoms with E-state index in [1.165, 1.54) is 0 Å². The van der Waals surface area contributed by atoms with E-state index in [4.69, 9.17) is 9.47 Å². The zero-order valence-electron chi connectivity index (χ0n) is 11.4. The lowest BCUT2D eigenvalue weighted by Crippen LogP contribution is -2.35. The van der Waals surface area contributed by atoms with Crippen LogP contribution in [0.15, 0.2) is 60.7 Å². The summed E-state index contributed by atoms with van der Waals surface area (Å²) < 4.78 is 10.8. The Bertz CT molecular complexity index is 425. The maximum absolute atomic E-state index is 11.7. The molecule has 2 aromatic rings. The predicted octanol–water partition coefficient (Wildman–Crippen LogP) is 2.15. The second kappa shape index (κ2) is 8.48. The van der Waals surface area contributed by atoms with Crippen LogP contribution in [0.2, 0.25) is 0 Å². The largest absolute Gasteiger partial charge is 0.849 e. The maximum Gasteiger partial charge on any atom is 0.0716 e. The molecule has 0 radical (unpaired) electrons. The molecule has 2 rings (SSSR count). The van der Waals surface area contributed by atoms with Crippen LogP contribution in [0.4, 0.5) is 0 Å². The van der Waals surface area contributed by atoms with Gasteiger partial charge < -0.3 is 14.6 Å². The highest BCUT2D eigenvalue weighted by Crippen LogP contribution is 2.02. The number of hydrogen-bond acceptors (Lipinski definition) is 3. The molecule has 0 bridgehead atoms. The van der Waals surface area contributed by atoms with Crippen LogP contribution < -0.4 is 5.11 Å². The Kier molecular flexibility index (Phi) is 6.24. The van der Waals surface area contributed by atoms with Crippen LogP contribution in [0, 0.1) is 0 Å². The number of hydrogen-bond donors (Lipinski definition) is 0. The maximum atomic E-state index is 11.7. The zero-order valence-corrected chi connectivity index (χ0v) is 11.4. The molecule has 3 heteroatoms. The minimum Gasteiger partial charge on any atom is -0.849 e. The summed E-state index contributed by atoms with van der Waals surface area (Å²) >= 11 is 0. The zero-order chi connectivity index (χ0) is 14.0. The fourth-order valence-corrected chi connectivity index (χ4v) is 1.81. The van der Waals surface area contributed by atoms with Crippen molar-refractivity contribution in [3.8, 4) is 0 Å². The molecule has 0 aromatic heterocycles. The molecule has 106 valence electrons. The quantitative estimate of drug-likeness (QED) is 0.738. The first-order valence-corrected chi connectivity index (χ1v) is 6.74. The van der Waals surface area contributed by atoms with Gasteiger partial charge in [0.05, 0.1) is 13.2 Å². The second-order valence-electron chi connectivity index (χ2n) is 4.62. The van der Waals surface area contributed by atoms with Gasteiger partial charge in [-0.25, -0.2) is 0 Å². The minimum atomic E-state index is -0.845. The third-order valence-corrected chi connectivity index (χ3v) is 2.83. The topological polar surface area (TPSA) is 41.5 Å². The van der Waals surface area contributed by atoms with Gasteiger partial charge in [-0.3, -0.25) is 0 Å². The molecule has 0 saturated carbocycles. The van der Waals surface area contributed by atoms with Crippen LogP contribution in [0.1, 0.15) is 11.1 Å². The summed E-state index contributed by atoms with van der Waals surface area (Å²) in [5, 5.41) is 11.7. The molecule has 0 unspecified atom stereocenters. The summed E-state index contributed by atoms with van der Waals surface area (Å²) in [4.78, 5) is 0. The molecule has 0 aliphatic carbocycles. The van der Waals surface area contributed by atoms with E-state index in [-0.39, 0.29) is 13.2 Å². The highest BCUT2D eigenvalue weighted by Gasteiger charge is 1.98. The summed E-state index contributed by atoms with van der Waals surface area (Å²) in [6, 6.07) is 19.6. The molecule has 0 heterocycles. The predicted molar refractivity (Wildman–Crippen MR) is 76.0 cm³/mol. The van der Waals surface area contributed by atoms with Crippen LogP contribution in [0.25, 0.3) is 0 Å². The van der Waals surface area contributed by atoms with Gasteiger partial charge in [0.1, 0.15) is 0 Å². The number of rotatable bonds is 8. The Balaban J connectivity index is 1.58. The Labute approximate surface area is 119 Å². The van der Waals surface area contributed by atoms with Gasteiger partial charge in [0, 0.05) is 13.2 Å². The first kappa shape index (κ1) is 14.7. The van der Waals surface area contributed by atoms with Gasteiger partial charge in [-0.1, -0.05) is 66.8 Å². The molecule has 0 saturated heterocycles. The molecular weight excluding hydrogens is 252 g/mol. The molecule has 3 nitrogen and oxygen atoms in total. The molecule has 0 atom stereocenters. The smallest absolute Gasteiger partial charge is 0.0716 e. The molecule has 0 N–H and O–H groups in total. The standard InChI is InChI=1S/C17H19O3/c18-17(13-19-11-15-7-3-1-4-8-15)14-20-12-16-9-5-2-6-10-16/h1-10,17H,11-14H2/q-1. The monoisotopic (exact) mass is 271 g/mol. The summed E-state index contributed by atoms with van der Waals surface area (Å²) in [6.07, 6.45) is -0.845. The van der Waals surface area contributed by atoms with Crippen molar-refractivity contribution >= 4 is 0 Å². The van der Waals surface area contributed by atoms with E-state index < -0.39 is 6.10 Å². The van der Waals surface area contributed by atoms with E-state index in [0.29, 0.717) is 13.2 Å². The first-order valence-electron chi connectivity index (χ1n) is 6.74. The summed E-state index contributed by atoms with van der Waals surface area (Å²) in [6.45, 7) is 1.28. The molecule has 2 aromatic carbocycles. The third kappa shape index (κ3) is 5.53. The second-order valence-corrected chi connectivity index (χ2v) is 4.62. The molecule has 0 aliphatic rings. The molecule has 0 spiro atoms. The Morgan fingerprint density at radius 1 is 0.700 bits per heavy atom. The minimum absolute atomic E-state index is 0.170. The van der Waals surface area contributed by atoms with E-state index >= 15 is 0 Å². The Morgan fingerprint density at radius 2 is 1.10 bits per heavy atom. The molecule has 0 fully saturated rings. The van der Waals surface area contributed by atoms with Crippen molar-refractivity contribution in [3.63, 3.8) is 0 Å².